The number of carbonyl (C=O) groups excluding carboxylic acids is 4. The van der Waals surface area contributed by atoms with Gasteiger partial charge in [-0.05, 0) is 29.7 Å². The maximum absolute atomic E-state index is 13.7. The van der Waals surface area contributed by atoms with Crippen molar-refractivity contribution in [1.82, 2.24) is 25.9 Å². The molecule has 13 nitrogen and oxygen atoms in total. The lowest BCUT2D eigenvalue weighted by Gasteiger charge is -2.24. The van der Waals surface area contributed by atoms with E-state index < -0.39 is 54.3 Å². The number of carboxylic acids is 1. The number of aliphatic carboxylic acids is 1. The highest BCUT2D eigenvalue weighted by Gasteiger charge is 2.30. The number of primary amides is 1. The van der Waals surface area contributed by atoms with Crippen molar-refractivity contribution < 1.29 is 29.1 Å². The molecule has 0 aliphatic carbocycles. The minimum atomic E-state index is -1.24. The molecule has 0 fully saturated rings. The number of H-pyrrole nitrogens is 2. The summed E-state index contributed by atoms with van der Waals surface area (Å²) in [5.41, 5.74) is 14.3. The molecule has 0 saturated carbocycles. The Bertz CT molecular complexity index is 1610. The van der Waals surface area contributed by atoms with Crippen molar-refractivity contribution in [2.45, 2.75) is 43.8 Å². The zero-order valence-electron chi connectivity index (χ0n) is 22.7. The van der Waals surface area contributed by atoms with E-state index in [0.29, 0.717) is 0 Å². The Morgan fingerprint density at radius 3 is 1.79 bits per heavy atom. The first kappa shape index (κ1) is 29.8. The minimum absolute atomic E-state index is 0.0105. The Kier molecular flexibility index (Phi) is 9.55. The zero-order valence-corrected chi connectivity index (χ0v) is 22.7. The van der Waals surface area contributed by atoms with E-state index in [9.17, 15) is 24.0 Å². The number of amides is 4. The zero-order chi connectivity index (χ0) is 30.2. The standard InChI is InChI=1S/C29H33N7O6/c30-20(9-10-25(31)37)27(40)35-24(12-17-14-33-22-8-4-2-6-19(17)22)29(42)36-23(28(41)34-15-26(38)39)11-16-13-32-21-7-3-1-5-18(16)21/h1-8,13-14,20,23-24,32-33H,9-12,15,30H2,(H2,31,37)(H,34,41)(H,35,40)(H,36,42)(H,38,39). The number of carbonyl (C=O) groups is 5. The monoisotopic (exact) mass is 575 g/mol. The highest BCUT2D eigenvalue weighted by Crippen LogP contribution is 2.21. The first-order valence-electron chi connectivity index (χ1n) is 13.4. The second-order valence-corrected chi connectivity index (χ2v) is 9.97. The number of hydrogen-bond donors (Lipinski definition) is 8. The van der Waals surface area contributed by atoms with Gasteiger partial charge in [0.2, 0.25) is 23.6 Å². The minimum Gasteiger partial charge on any atom is -0.480 e. The van der Waals surface area contributed by atoms with Gasteiger partial charge in [0.1, 0.15) is 18.6 Å². The molecule has 2 aromatic carbocycles. The van der Waals surface area contributed by atoms with Crippen LogP contribution in [0.25, 0.3) is 21.8 Å². The van der Waals surface area contributed by atoms with Crippen molar-refractivity contribution >= 4 is 51.4 Å². The van der Waals surface area contributed by atoms with Crippen LogP contribution in [0.2, 0.25) is 0 Å². The molecule has 0 aliphatic heterocycles. The topological polar surface area (TPSA) is 225 Å². The van der Waals surface area contributed by atoms with Gasteiger partial charge in [-0.15, -0.1) is 0 Å². The van der Waals surface area contributed by atoms with Gasteiger partial charge in [0.15, 0.2) is 0 Å². The van der Waals surface area contributed by atoms with E-state index in [-0.39, 0.29) is 25.7 Å². The van der Waals surface area contributed by atoms with Crippen molar-refractivity contribution in [3.05, 3.63) is 72.1 Å². The van der Waals surface area contributed by atoms with Gasteiger partial charge in [-0.25, -0.2) is 0 Å². The number of fused-ring (bicyclic) bond motifs is 2. The summed E-state index contributed by atoms with van der Waals surface area (Å²) in [5.74, 6) is -3.90. The summed E-state index contributed by atoms with van der Waals surface area (Å²) in [4.78, 5) is 68.3. The van der Waals surface area contributed by atoms with Crippen LogP contribution in [0.15, 0.2) is 60.9 Å². The number of nitrogens with one attached hydrogen (secondary N) is 5. The quantitative estimate of drug-likeness (QED) is 0.104. The molecule has 10 N–H and O–H groups in total. The van der Waals surface area contributed by atoms with E-state index in [1.54, 1.807) is 12.4 Å². The predicted molar refractivity (Wildman–Crippen MR) is 155 cm³/mol. The van der Waals surface area contributed by atoms with E-state index in [1.807, 2.05) is 48.5 Å². The summed E-state index contributed by atoms with van der Waals surface area (Å²) >= 11 is 0. The highest BCUT2D eigenvalue weighted by molar-refractivity contribution is 5.95. The molecule has 4 aromatic rings. The molecule has 220 valence electrons. The van der Waals surface area contributed by atoms with Crippen LogP contribution in [0.3, 0.4) is 0 Å². The van der Waals surface area contributed by atoms with Gasteiger partial charge in [-0.3, -0.25) is 24.0 Å². The molecule has 4 amide bonds. The average Bonchev–Trinajstić information content (AvgIpc) is 3.57. The molecule has 4 rings (SSSR count). The van der Waals surface area contributed by atoms with Gasteiger partial charge in [0.05, 0.1) is 6.04 Å². The maximum atomic E-state index is 13.7. The predicted octanol–water partition coefficient (Wildman–Crippen LogP) is 0.198. The second kappa shape index (κ2) is 13.5. The first-order chi connectivity index (χ1) is 20.1. The van der Waals surface area contributed by atoms with Crippen LogP contribution in [-0.4, -0.2) is 69.3 Å². The van der Waals surface area contributed by atoms with Crippen molar-refractivity contribution in [2.24, 2.45) is 11.5 Å². The van der Waals surface area contributed by atoms with Crippen LogP contribution in [0, 0.1) is 0 Å². The molecule has 0 aliphatic rings. The first-order valence-corrected chi connectivity index (χ1v) is 13.4. The summed E-state index contributed by atoms with van der Waals surface area (Å²) < 4.78 is 0. The number of hydrogen-bond acceptors (Lipinski definition) is 6. The number of benzene rings is 2. The number of carboxylic acid groups (broad SMARTS) is 1. The van der Waals surface area contributed by atoms with E-state index in [1.165, 1.54) is 0 Å². The Morgan fingerprint density at radius 1 is 0.762 bits per heavy atom. The van der Waals surface area contributed by atoms with Crippen molar-refractivity contribution in [1.29, 1.82) is 0 Å². The average molecular weight is 576 g/mol. The van der Waals surface area contributed by atoms with Crippen LogP contribution in [0.1, 0.15) is 24.0 Å². The summed E-state index contributed by atoms with van der Waals surface area (Å²) in [6.07, 6.45) is 3.44. The number of rotatable bonds is 14. The molecule has 3 unspecified atom stereocenters. The van der Waals surface area contributed by atoms with Crippen molar-refractivity contribution in [2.75, 3.05) is 6.54 Å². The number of para-hydroxylation sites is 2. The third-order valence-corrected chi connectivity index (χ3v) is 6.92. The third kappa shape index (κ3) is 7.52. The molecule has 2 heterocycles. The number of aromatic amines is 2. The molecule has 0 radical (unpaired) electrons. The van der Waals surface area contributed by atoms with Gasteiger partial charge < -0.3 is 42.5 Å². The maximum Gasteiger partial charge on any atom is 0.322 e. The Balaban J connectivity index is 1.59. The lowest BCUT2D eigenvalue weighted by Crippen LogP contribution is -2.57. The van der Waals surface area contributed by atoms with Gasteiger partial charge in [0.25, 0.3) is 0 Å². The number of nitrogens with two attached hydrogens (primary N) is 2. The lowest BCUT2D eigenvalue weighted by molar-refractivity contribution is -0.138. The summed E-state index contributed by atoms with van der Waals surface area (Å²) in [6.45, 7) is -0.636. The second-order valence-electron chi connectivity index (χ2n) is 9.97. The fourth-order valence-electron chi connectivity index (χ4n) is 4.73. The van der Waals surface area contributed by atoms with E-state index in [4.69, 9.17) is 16.6 Å². The van der Waals surface area contributed by atoms with Crippen LogP contribution < -0.4 is 27.4 Å². The van der Waals surface area contributed by atoms with E-state index in [2.05, 4.69) is 25.9 Å². The summed E-state index contributed by atoms with van der Waals surface area (Å²) in [7, 11) is 0. The summed E-state index contributed by atoms with van der Waals surface area (Å²) in [5, 5.41) is 18.4. The lowest BCUT2D eigenvalue weighted by atomic mass is 10.0. The Labute approximate surface area is 240 Å². The van der Waals surface area contributed by atoms with Crippen LogP contribution in [0.5, 0.6) is 0 Å². The normalized spacial score (nSPS) is 13.3. The molecule has 0 spiro atoms. The van der Waals surface area contributed by atoms with Crippen LogP contribution in [0.4, 0.5) is 0 Å². The van der Waals surface area contributed by atoms with Crippen LogP contribution in [-0.2, 0) is 36.8 Å². The molecular weight excluding hydrogens is 542 g/mol. The third-order valence-electron chi connectivity index (χ3n) is 6.92. The molecule has 2 aromatic heterocycles. The van der Waals surface area contributed by atoms with E-state index >= 15 is 0 Å². The summed E-state index contributed by atoms with van der Waals surface area (Å²) in [6, 6.07) is 11.4. The number of aromatic nitrogens is 2. The molecule has 3 atom stereocenters. The molecule has 42 heavy (non-hydrogen) atoms. The van der Waals surface area contributed by atoms with Crippen molar-refractivity contribution in [3.63, 3.8) is 0 Å². The van der Waals surface area contributed by atoms with E-state index in [0.717, 1.165) is 32.9 Å². The van der Waals surface area contributed by atoms with Crippen molar-refractivity contribution in [3.8, 4) is 0 Å². The van der Waals surface area contributed by atoms with Gasteiger partial charge in [-0.1, -0.05) is 36.4 Å². The Hall–Kier alpha value is -5.17. The largest absolute Gasteiger partial charge is 0.480 e. The smallest absolute Gasteiger partial charge is 0.322 e. The molecule has 0 bridgehead atoms. The Morgan fingerprint density at radius 2 is 1.26 bits per heavy atom. The SMILES string of the molecule is NC(=O)CCC(N)C(=O)NC(Cc1c[nH]c2ccccc12)C(=O)NC(Cc1c[nH]c2ccccc12)C(=O)NCC(=O)O. The molecule has 0 saturated heterocycles. The van der Waals surface area contributed by atoms with Gasteiger partial charge >= 0.3 is 5.97 Å². The van der Waals surface area contributed by atoms with Gasteiger partial charge in [0, 0.05) is 53.5 Å². The fraction of sp³-hybridized carbons (Fsp3) is 0.276. The highest BCUT2D eigenvalue weighted by atomic mass is 16.4. The fourth-order valence-corrected chi connectivity index (χ4v) is 4.73. The molecular formula is C29H33N7O6. The molecule has 13 heteroatoms. The van der Waals surface area contributed by atoms with Crippen LogP contribution >= 0.6 is 0 Å². The van der Waals surface area contributed by atoms with Gasteiger partial charge in [-0.2, -0.15) is 0 Å².